The molecule has 1 saturated heterocycles. The number of hydrogen-bond donors (Lipinski definition) is 1. The van der Waals surface area contributed by atoms with Gasteiger partial charge in [0.25, 0.3) is 0 Å². The van der Waals surface area contributed by atoms with Crippen molar-refractivity contribution in [3.8, 4) is 0 Å². The van der Waals surface area contributed by atoms with E-state index in [-0.39, 0.29) is 27.4 Å². The summed E-state index contributed by atoms with van der Waals surface area (Å²) in [7, 11) is -4.10. The fourth-order valence-electron chi connectivity index (χ4n) is 3.50. The average Bonchev–Trinajstić information content (AvgIpc) is 3.29. The van der Waals surface area contributed by atoms with Gasteiger partial charge < -0.3 is 14.0 Å². The second-order valence-corrected chi connectivity index (χ2v) is 9.16. The van der Waals surface area contributed by atoms with Gasteiger partial charge in [0.15, 0.2) is 6.61 Å². The maximum atomic E-state index is 12.6. The number of nitrogens with zero attached hydrogens (tertiary/aromatic N) is 1. The molecule has 1 aromatic carbocycles. The van der Waals surface area contributed by atoms with Gasteiger partial charge >= 0.3 is 5.97 Å². The zero-order valence-corrected chi connectivity index (χ0v) is 18.3. The van der Waals surface area contributed by atoms with Gasteiger partial charge in [-0.3, -0.25) is 4.79 Å². The van der Waals surface area contributed by atoms with Crippen molar-refractivity contribution in [3.05, 3.63) is 51.8 Å². The molecule has 8 nitrogen and oxygen atoms in total. The van der Waals surface area contributed by atoms with E-state index in [1.54, 1.807) is 6.07 Å². The third-order valence-electron chi connectivity index (χ3n) is 5.09. The molecule has 0 aliphatic carbocycles. The Morgan fingerprint density at radius 1 is 1.30 bits per heavy atom. The summed E-state index contributed by atoms with van der Waals surface area (Å²) in [5.41, 5.74) is 2.11. The normalized spacial score (nSPS) is 16.6. The van der Waals surface area contributed by atoms with Crippen LogP contribution in [-0.4, -0.2) is 44.1 Å². The number of Topliss-reactive ketones (excluding diaryl/α,β-unsaturated/α-hetero) is 1. The van der Waals surface area contributed by atoms with Crippen molar-refractivity contribution < 1.29 is 27.5 Å². The number of sulfonamides is 1. The van der Waals surface area contributed by atoms with Crippen molar-refractivity contribution >= 4 is 33.4 Å². The third-order valence-corrected chi connectivity index (χ3v) is 6.48. The van der Waals surface area contributed by atoms with E-state index in [4.69, 9.17) is 26.2 Å². The van der Waals surface area contributed by atoms with Gasteiger partial charge in [-0.05, 0) is 51.0 Å². The highest BCUT2D eigenvalue weighted by atomic mass is 35.5. The highest BCUT2D eigenvalue weighted by molar-refractivity contribution is 7.89. The van der Waals surface area contributed by atoms with Crippen LogP contribution in [0.15, 0.2) is 29.2 Å². The zero-order valence-electron chi connectivity index (χ0n) is 16.7. The number of halogens is 1. The molecule has 1 aliphatic rings. The summed E-state index contributed by atoms with van der Waals surface area (Å²) in [6.07, 6.45) is 2.15. The molecule has 3 rings (SSSR count). The summed E-state index contributed by atoms with van der Waals surface area (Å²) >= 11 is 5.81. The van der Waals surface area contributed by atoms with E-state index >= 15 is 0 Å². The molecule has 0 amide bonds. The number of benzene rings is 1. The molecule has 1 aromatic heterocycles. The molecular weight excluding hydrogens is 432 g/mol. The highest BCUT2D eigenvalue weighted by Crippen LogP contribution is 2.23. The SMILES string of the molecule is Cc1cc(C(=O)COC(=O)c2ccc(Cl)c(S(N)(=O)=O)c2)c(C)n1C[C@@H]1CCCO1. The molecule has 2 aromatic rings. The van der Waals surface area contributed by atoms with E-state index in [0.29, 0.717) is 12.1 Å². The molecule has 1 atom stereocenters. The van der Waals surface area contributed by atoms with Gasteiger partial charge in [0.1, 0.15) is 4.90 Å². The van der Waals surface area contributed by atoms with Crippen LogP contribution < -0.4 is 5.14 Å². The predicted octanol–water partition coefficient (Wildman–Crippen LogP) is 2.62. The number of rotatable bonds is 7. The molecule has 0 unspecified atom stereocenters. The van der Waals surface area contributed by atoms with Gasteiger partial charge in [-0.1, -0.05) is 11.6 Å². The van der Waals surface area contributed by atoms with Crippen molar-refractivity contribution in [1.29, 1.82) is 0 Å². The van der Waals surface area contributed by atoms with E-state index in [2.05, 4.69) is 0 Å². The number of carbonyl (C=O) groups excluding carboxylic acids is 2. The lowest BCUT2D eigenvalue weighted by Crippen LogP contribution is -2.18. The van der Waals surface area contributed by atoms with E-state index in [1.165, 1.54) is 12.1 Å². The number of ether oxygens (including phenoxy) is 2. The maximum absolute atomic E-state index is 12.6. The largest absolute Gasteiger partial charge is 0.454 e. The average molecular weight is 455 g/mol. The summed E-state index contributed by atoms with van der Waals surface area (Å²) in [5, 5.41) is 4.98. The fourth-order valence-corrected chi connectivity index (χ4v) is 4.57. The first kappa shape index (κ1) is 22.5. The van der Waals surface area contributed by atoms with Gasteiger partial charge in [0.05, 0.1) is 16.7 Å². The predicted molar refractivity (Wildman–Crippen MR) is 110 cm³/mol. The Balaban J connectivity index is 1.69. The van der Waals surface area contributed by atoms with Gasteiger partial charge in [-0.2, -0.15) is 0 Å². The van der Waals surface area contributed by atoms with Crippen LogP contribution in [0.4, 0.5) is 0 Å². The highest BCUT2D eigenvalue weighted by Gasteiger charge is 2.22. The first-order valence-corrected chi connectivity index (χ1v) is 11.3. The second-order valence-electron chi connectivity index (χ2n) is 7.22. The zero-order chi connectivity index (χ0) is 22.1. The monoisotopic (exact) mass is 454 g/mol. The Morgan fingerprint density at radius 3 is 2.67 bits per heavy atom. The van der Waals surface area contributed by atoms with Crippen molar-refractivity contribution in [3.63, 3.8) is 0 Å². The van der Waals surface area contributed by atoms with E-state index in [9.17, 15) is 18.0 Å². The number of nitrogens with two attached hydrogens (primary N) is 1. The number of carbonyl (C=O) groups is 2. The molecule has 2 heterocycles. The Morgan fingerprint density at radius 2 is 2.03 bits per heavy atom. The van der Waals surface area contributed by atoms with Gasteiger partial charge in [0, 0.05) is 30.1 Å². The van der Waals surface area contributed by atoms with Crippen molar-refractivity contribution in [1.82, 2.24) is 4.57 Å². The molecule has 0 saturated carbocycles. The van der Waals surface area contributed by atoms with Crippen molar-refractivity contribution in [2.45, 2.75) is 44.2 Å². The van der Waals surface area contributed by atoms with Crippen molar-refractivity contribution in [2.24, 2.45) is 5.14 Å². The molecule has 1 fully saturated rings. The summed E-state index contributed by atoms with van der Waals surface area (Å²) in [6.45, 7) is 4.70. The fraction of sp³-hybridized carbons (Fsp3) is 0.400. The van der Waals surface area contributed by atoms with Crippen LogP contribution >= 0.6 is 11.6 Å². The number of aromatic nitrogens is 1. The topological polar surface area (TPSA) is 118 Å². The van der Waals surface area contributed by atoms with E-state index < -0.39 is 22.6 Å². The summed E-state index contributed by atoms with van der Waals surface area (Å²) in [5.74, 6) is -1.20. The molecular formula is C20H23ClN2O6S. The van der Waals surface area contributed by atoms with Gasteiger partial charge in [0.2, 0.25) is 15.8 Å². The molecule has 0 bridgehead atoms. The third kappa shape index (κ3) is 4.92. The molecule has 0 spiro atoms. The summed E-state index contributed by atoms with van der Waals surface area (Å²) < 4.78 is 35.9. The second kappa shape index (κ2) is 8.89. The van der Waals surface area contributed by atoms with Crippen LogP contribution in [0.1, 0.15) is 44.9 Å². The number of ketones is 1. The van der Waals surface area contributed by atoms with Gasteiger partial charge in [-0.15, -0.1) is 0 Å². The molecule has 0 radical (unpaired) electrons. The van der Waals surface area contributed by atoms with Crippen LogP contribution in [-0.2, 0) is 26.0 Å². The quantitative estimate of drug-likeness (QED) is 0.507. The minimum atomic E-state index is -4.10. The summed E-state index contributed by atoms with van der Waals surface area (Å²) in [6, 6.07) is 5.33. The van der Waals surface area contributed by atoms with Gasteiger partial charge in [-0.25, -0.2) is 18.4 Å². The molecule has 162 valence electrons. The first-order valence-electron chi connectivity index (χ1n) is 9.39. The molecule has 30 heavy (non-hydrogen) atoms. The first-order chi connectivity index (χ1) is 14.1. The minimum absolute atomic E-state index is 0.0694. The number of primary sulfonamides is 1. The minimum Gasteiger partial charge on any atom is -0.454 e. The number of hydrogen-bond acceptors (Lipinski definition) is 6. The molecule has 2 N–H and O–H groups in total. The number of aryl methyl sites for hydroxylation is 1. The van der Waals surface area contributed by atoms with Crippen LogP contribution in [0, 0.1) is 13.8 Å². The van der Waals surface area contributed by atoms with E-state index in [1.807, 2.05) is 18.4 Å². The lowest BCUT2D eigenvalue weighted by atomic mass is 10.1. The van der Waals surface area contributed by atoms with Crippen LogP contribution in [0.2, 0.25) is 5.02 Å². The maximum Gasteiger partial charge on any atom is 0.338 e. The summed E-state index contributed by atoms with van der Waals surface area (Å²) in [4.78, 5) is 24.5. The smallest absolute Gasteiger partial charge is 0.338 e. The lowest BCUT2D eigenvalue weighted by Gasteiger charge is -2.14. The van der Waals surface area contributed by atoms with E-state index in [0.717, 1.165) is 36.9 Å². The van der Waals surface area contributed by atoms with Crippen LogP contribution in [0.3, 0.4) is 0 Å². The molecule has 1 aliphatic heterocycles. The Labute approximate surface area is 180 Å². The lowest BCUT2D eigenvalue weighted by molar-refractivity contribution is 0.0474. The van der Waals surface area contributed by atoms with Crippen LogP contribution in [0.25, 0.3) is 0 Å². The van der Waals surface area contributed by atoms with Crippen LogP contribution in [0.5, 0.6) is 0 Å². The Hall–Kier alpha value is -2.20. The van der Waals surface area contributed by atoms with Crippen molar-refractivity contribution in [2.75, 3.05) is 13.2 Å². The standard InChI is InChI=1S/C20H23ClN2O6S/c1-12-8-16(13(2)23(12)10-15-4-3-7-28-15)18(24)11-29-20(25)14-5-6-17(21)19(9-14)30(22,26)27/h5-6,8-9,15H,3-4,7,10-11H2,1-2H3,(H2,22,26,27)/t15-/m0/s1. The number of esters is 1. The Kier molecular flexibility index (Phi) is 6.66. The Bertz CT molecular complexity index is 1090. The molecule has 10 heteroatoms.